The van der Waals surface area contributed by atoms with E-state index in [1.165, 1.54) is 19.4 Å². The highest BCUT2D eigenvalue weighted by Gasteiger charge is 2.13. The molecule has 0 bridgehead atoms. The summed E-state index contributed by atoms with van der Waals surface area (Å²) in [4.78, 5) is 20.2. The number of aromatic nitrogens is 4. The maximum Gasteiger partial charge on any atom is 0.254 e. The number of ether oxygens (including phenoxy) is 1. The SMILES string of the molecule is CCn1cc(Nc2ncc(C(N)=O)c(NCc3ccc(O)c(OC)c3)n2)cn1. The van der Waals surface area contributed by atoms with Crippen molar-refractivity contribution in [1.82, 2.24) is 19.7 Å². The molecule has 2 aromatic heterocycles. The molecule has 146 valence electrons. The molecule has 3 aromatic rings. The molecule has 0 atom stereocenters. The Hall–Kier alpha value is -3.82. The first kappa shape index (κ1) is 19.0. The minimum Gasteiger partial charge on any atom is -0.504 e. The number of phenolic OH excluding ortho intramolecular Hbond substituents is 1. The number of nitrogens with one attached hydrogen (secondary N) is 2. The van der Waals surface area contributed by atoms with Gasteiger partial charge in [0.25, 0.3) is 5.91 Å². The first-order chi connectivity index (χ1) is 13.5. The molecule has 0 radical (unpaired) electrons. The van der Waals surface area contributed by atoms with Crippen molar-refractivity contribution in [2.24, 2.45) is 5.73 Å². The number of primary amides is 1. The predicted molar refractivity (Wildman–Crippen MR) is 104 cm³/mol. The van der Waals surface area contributed by atoms with Gasteiger partial charge in [-0.25, -0.2) is 4.98 Å². The lowest BCUT2D eigenvalue weighted by Gasteiger charge is -2.12. The fourth-order valence-corrected chi connectivity index (χ4v) is 2.51. The van der Waals surface area contributed by atoms with Crippen molar-refractivity contribution < 1.29 is 14.6 Å². The molecule has 5 N–H and O–H groups in total. The number of amides is 1. The molecule has 3 rings (SSSR count). The number of aryl methyl sites for hydroxylation is 1. The Morgan fingerprint density at radius 3 is 2.86 bits per heavy atom. The van der Waals surface area contributed by atoms with E-state index in [0.29, 0.717) is 24.1 Å². The number of hydrogen-bond acceptors (Lipinski definition) is 8. The Morgan fingerprint density at radius 2 is 2.18 bits per heavy atom. The Kier molecular flexibility index (Phi) is 5.58. The number of anilines is 3. The van der Waals surface area contributed by atoms with E-state index in [9.17, 15) is 9.90 Å². The van der Waals surface area contributed by atoms with Crippen molar-refractivity contribution >= 4 is 23.4 Å². The van der Waals surface area contributed by atoms with Gasteiger partial charge in [0.15, 0.2) is 11.5 Å². The van der Waals surface area contributed by atoms with E-state index < -0.39 is 5.91 Å². The standard InChI is InChI=1S/C18H21N7O3/c1-3-25-10-12(8-22-25)23-18-21-9-13(16(19)27)17(24-18)20-7-11-4-5-14(26)15(6-11)28-2/h4-6,8-10,26H,3,7H2,1-2H3,(H2,19,27)(H2,20,21,23,24). The monoisotopic (exact) mass is 383 g/mol. The summed E-state index contributed by atoms with van der Waals surface area (Å²) >= 11 is 0. The van der Waals surface area contributed by atoms with E-state index in [-0.39, 0.29) is 11.3 Å². The van der Waals surface area contributed by atoms with Gasteiger partial charge >= 0.3 is 0 Å². The third kappa shape index (κ3) is 4.29. The molecule has 2 heterocycles. The normalized spacial score (nSPS) is 10.5. The van der Waals surface area contributed by atoms with Crippen LogP contribution >= 0.6 is 0 Å². The van der Waals surface area contributed by atoms with Crippen molar-refractivity contribution in [3.63, 3.8) is 0 Å². The molecule has 0 aliphatic heterocycles. The summed E-state index contributed by atoms with van der Waals surface area (Å²) in [6.45, 7) is 3.06. The summed E-state index contributed by atoms with van der Waals surface area (Å²) in [6, 6.07) is 4.95. The topological polar surface area (TPSA) is 140 Å². The van der Waals surface area contributed by atoms with Crippen LogP contribution in [0.25, 0.3) is 0 Å². The van der Waals surface area contributed by atoms with Gasteiger partial charge in [0.05, 0.1) is 24.6 Å². The fourth-order valence-electron chi connectivity index (χ4n) is 2.51. The maximum absolute atomic E-state index is 11.7. The van der Waals surface area contributed by atoms with Crippen molar-refractivity contribution in [1.29, 1.82) is 0 Å². The number of nitrogens with two attached hydrogens (primary N) is 1. The number of benzene rings is 1. The van der Waals surface area contributed by atoms with Gasteiger partial charge in [-0.05, 0) is 24.6 Å². The lowest BCUT2D eigenvalue weighted by atomic mass is 10.2. The number of hydrogen-bond donors (Lipinski definition) is 4. The number of nitrogens with zero attached hydrogens (tertiary/aromatic N) is 4. The largest absolute Gasteiger partial charge is 0.504 e. The summed E-state index contributed by atoms with van der Waals surface area (Å²) in [7, 11) is 1.47. The number of carbonyl (C=O) groups excluding carboxylic acids is 1. The number of phenols is 1. The van der Waals surface area contributed by atoms with Crippen LogP contribution in [0.1, 0.15) is 22.8 Å². The number of carbonyl (C=O) groups is 1. The highest BCUT2D eigenvalue weighted by atomic mass is 16.5. The summed E-state index contributed by atoms with van der Waals surface area (Å²) < 4.78 is 6.86. The molecule has 0 aliphatic rings. The molecular formula is C18H21N7O3. The van der Waals surface area contributed by atoms with Crippen LogP contribution in [-0.2, 0) is 13.1 Å². The van der Waals surface area contributed by atoms with Crippen molar-refractivity contribution in [2.75, 3.05) is 17.7 Å². The van der Waals surface area contributed by atoms with Gasteiger partial charge < -0.3 is 26.2 Å². The first-order valence-electron chi connectivity index (χ1n) is 8.56. The minimum absolute atomic E-state index is 0.0465. The molecule has 28 heavy (non-hydrogen) atoms. The molecule has 1 aromatic carbocycles. The third-order valence-electron chi connectivity index (χ3n) is 3.97. The maximum atomic E-state index is 11.7. The van der Waals surface area contributed by atoms with E-state index in [1.54, 1.807) is 23.0 Å². The molecule has 0 saturated carbocycles. The van der Waals surface area contributed by atoms with Gasteiger partial charge in [-0.2, -0.15) is 10.1 Å². The molecular weight excluding hydrogens is 362 g/mol. The molecule has 10 nitrogen and oxygen atoms in total. The quantitative estimate of drug-likeness (QED) is 0.462. The van der Waals surface area contributed by atoms with E-state index >= 15 is 0 Å². The Bertz CT molecular complexity index is 987. The van der Waals surface area contributed by atoms with Crippen LogP contribution < -0.4 is 21.1 Å². The summed E-state index contributed by atoms with van der Waals surface area (Å²) in [6.07, 6.45) is 4.84. The van der Waals surface area contributed by atoms with Crippen LogP contribution in [0.4, 0.5) is 17.5 Å². The average Bonchev–Trinajstić information content (AvgIpc) is 3.14. The van der Waals surface area contributed by atoms with Crippen LogP contribution in [0.3, 0.4) is 0 Å². The first-order valence-corrected chi connectivity index (χ1v) is 8.56. The van der Waals surface area contributed by atoms with Gasteiger partial charge in [0.2, 0.25) is 5.95 Å². The second-order valence-corrected chi connectivity index (χ2v) is 5.89. The van der Waals surface area contributed by atoms with E-state index in [0.717, 1.165) is 17.8 Å². The fraction of sp³-hybridized carbons (Fsp3) is 0.222. The second-order valence-electron chi connectivity index (χ2n) is 5.89. The summed E-state index contributed by atoms with van der Waals surface area (Å²) in [5.74, 6) is 0.347. The highest BCUT2D eigenvalue weighted by Crippen LogP contribution is 2.27. The van der Waals surface area contributed by atoms with E-state index in [1.807, 2.05) is 13.1 Å². The van der Waals surface area contributed by atoms with Gasteiger partial charge in [-0.3, -0.25) is 9.48 Å². The second kappa shape index (κ2) is 8.25. The number of methoxy groups -OCH3 is 1. The van der Waals surface area contributed by atoms with Crippen LogP contribution in [-0.4, -0.2) is 37.9 Å². The van der Waals surface area contributed by atoms with Crippen LogP contribution in [0.5, 0.6) is 11.5 Å². The molecule has 1 amide bonds. The molecule has 0 fully saturated rings. The lowest BCUT2D eigenvalue weighted by molar-refractivity contribution is 0.100. The molecule has 10 heteroatoms. The zero-order valence-electron chi connectivity index (χ0n) is 15.5. The average molecular weight is 383 g/mol. The van der Waals surface area contributed by atoms with Gasteiger partial charge in [0, 0.05) is 25.5 Å². The van der Waals surface area contributed by atoms with Crippen LogP contribution in [0, 0.1) is 0 Å². The molecule has 0 unspecified atom stereocenters. The minimum atomic E-state index is -0.642. The zero-order valence-corrected chi connectivity index (χ0v) is 15.5. The van der Waals surface area contributed by atoms with Gasteiger partial charge in [-0.15, -0.1) is 0 Å². The zero-order chi connectivity index (χ0) is 20.1. The Morgan fingerprint density at radius 1 is 1.36 bits per heavy atom. The third-order valence-corrected chi connectivity index (χ3v) is 3.97. The van der Waals surface area contributed by atoms with Gasteiger partial charge in [-0.1, -0.05) is 6.07 Å². The predicted octanol–water partition coefficient (Wildman–Crippen LogP) is 1.86. The molecule has 0 spiro atoms. The van der Waals surface area contributed by atoms with E-state index in [4.69, 9.17) is 10.5 Å². The summed E-state index contributed by atoms with van der Waals surface area (Å²) in [5, 5.41) is 20.0. The summed E-state index contributed by atoms with van der Waals surface area (Å²) in [5.41, 5.74) is 7.14. The van der Waals surface area contributed by atoms with Crippen molar-refractivity contribution in [3.05, 3.63) is 47.9 Å². The number of rotatable bonds is 8. The Balaban J connectivity index is 1.80. The van der Waals surface area contributed by atoms with Gasteiger partial charge in [0.1, 0.15) is 5.82 Å². The highest BCUT2D eigenvalue weighted by molar-refractivity contribution is 5.97. The number of aromatic hydroxyl groups is 1. The van der Waals surface area contributed by atoms with Crippen LogP contribution in [0.15, 0.2) is 36.8 Å². The lowest BCUT2D eigenvalue weighted by Crippen LogP contribution is -2.17. The Labute approximate surface area is 161 Å². The van der Waals surface area contributed by atoms with Crippen molar-refractivity contribution in [3.8, 4) is 11.5 Å². The molecule has 0 aliphatic carbocycles. The van der Waals surface area contributed by atoms with Crippen molar-refractivity contribution in [2.45, 2.75) is 20.0 Å². The van der Waals surface area contributed by atoms with E-state index in [2.05, 4.69) is 25.7 Å². The smallest absolute Gasteiger partial charge is 0.254 e. The molecule has 0 saturated heterocycles. The van der Waals surface area contributed by atoms with Crippen LogP contribution in [0.2, 0.25) is 0 Å².